The van der Waals surface area contributed by atoms with Crippen LogP contribution in [-0.2, 0) is 6.61 Å². The summed E-state index contributed by atoms with van der Waals surface area (Å²) in [6.07, 6.45) is 0. The molecule has 6 rings (SSSR count). The Labute approximate surface area is 213 Å². The molecule has 0 atom stereocenters. The van der Waals surface area contributed by atoms with Crippen LogP contribution in [0.5, 0.6) is 5.75 Å². The fourth-order valence-electron chi connectivity index (χ4n) is 3.93. The minimum absolute atomic E-state index is 0.156. The zero-order valence-corrected chi connectivity index (χ0v) is 20.4. The molecule has 7 nitrogen and oxygen atoms in total. The third kappa shape index (κ3) is 4.34. The summed E-state index contributed by atoms with van der Waals surface area (Å²) in [7, 11) is 0. The Morgan fingerprint density at radius 2 is 1.75 bits per heavy atom. The molecule has 0 aliphatic rings. The number of anilines is 1. The molecule has 0 fully saturated rings. The van der Waals surface area contributed by atoms with E-state index in [9.17, 15) is 4.79 Å². The number of halogens is 1. The maximum Gasteiger partial charge on any atom is 0.277 e. The number of para-hydroxylation sites is 1. The van der Waals surface area contributed by atoms with Gasteiger partial charge in [0.1, 0.15) is 17.9 Å². The van der Waals surface area contributed by atoms with Crippen molar-refractivity contribution in [1.29, 1.82) is 0 Å². The standard InChI is InChI=1S/C28H18BrN3O4/c29-23-11-5-8-20-21(23)9-4-10-22(20)28-31-24-14-17(12-13-26(24)35-28)30-27(33)25-15-19(36-32-25)16-34-18-6-2-1-3-7-18/h1-15H,16H2,(H,30,33). The van der Waals surface area contributed by atoms with Gasteiger partial charge in [-0.15, -0.1) is 0 Å². The molecule has 4 aromatic carbocycles. The Morgan fingerprint density at radius 3 is 2.64 bits per heavy atom. The average molecular weight is 540 g/mol. The minimum atomic E-state index is -0.397. The SMILES string of the molecule is O=C(Nc1ccc2oc(-c3cccc4c(Br)cccc34)nc2c1)c1cc(COc2ccccc2)on1. The first-order chi connectivity index (χ1) is 17.6. The summed E-state index contributed by atoms with van der Waals surface area (Å²) in [6.45, 7) is 0.169. The van der Waals surface area contributed by atoms with Crippen molar-refractivity contribution in [2.45, 2.75) is 6.61 Å². The van der Waals surface area contributed by atoms with Crippen LogP contribution in [0.3, 0.4) is 0 Å². The van der Waals surface area contributed by atoms with E-state index in [-0.39, 0.29) is 12.3 Å². The maximum absolute atomic E-state index is 12.7. The van der Waals surface area contributed by atoms with Gasteiger partial charge in [-0.1, -0.05) is 63.6 Å². The van der Waals surface area contributed by atoms with Crippen molar-refractivity contribution in [1.82, 2.24) is 10.1 Å². The summed E-state index contributed by atoms with van der Waals surface area (Å²) in [6, 6.07) is 28.2. The van der Waals surface area contributed by atoms with Crippen molar-refractivity contribution in [3.05, 3.63) is 107 Å². The Hall–Kier alpha value is -4.43. The van der Waals surface area contributed by atoms with Gasteiger partial charge in [0, 0.05) is 21.8 Å². The van der Waals surface area contributed by atoms with Crippen LogP contribution in [-0.4, -0.2) is 16.0 Å². The summed E-state index contributed by atoms with van der Waals surface area (Å²) in [5.74, 6) is 1.27. The van der Waals surface area contributed by atoms with E-state index in [4.69, 9.17) is 13.7 Å². The van der Waals surface area contributed by atoms with Gasteiger partial charge in [-0.25, -0.2) is 4.98 Å². The largest absolute Gasteiger partial charge is 0.486 e. The topological polar surface area (TPSA) is 90.4 Å². The molecule has 0 saturated heterocycles. The number of rotatable bonds is 6. The molecule has 2 aromatic heterocycles. The lowest BCUT2D eigenvalue weighted by Gasteiger charge is -2.04. The second kappa shape index (κ2) is 9.31. The number of nitrogens with zero attached hydrogens (tertiary/aromatic N) is 2. The number of benzene rings is 4. The number of nitrogens with one attached hydrogen (secondary N) is 1. The first-order valence-electron chi connectivity index (χ1n) is 11.2. The number of carbonyl (C=O) groups is 1. The number of carbonyl (C=O) groups excluding carboxylic acids is 1. The highest BCUT2D eigenvalue weighted by Gasteiger charge is 2.16. The third-order valence-corrected chi connectivity index (χ3v) is 6.35. The first kappa shape index (κ1) is 22.1. The Balaban J connectivity index is 1.20. The summed E-state index contributed by atoms with van der Waals surface area (Å²) in [4.78, 5) is 17.4. The smallest absolute Gasteiger partial charge is 0.277 e. The van der Waals surface area contributed by atoms with Crippen molar-refractivity contribution >= 4 is 49.4 Å². The summed E-state index contributed by atoms with van der Waals surface area (Å²) >= 11 is 3.60. The average Bonchev–Trinajstić information content (AvgIpc) is 3.55. The van der Waals surface area contributed by atoms with Crippen molar-refractivity contribution in [2.24, 2.45) is 0 Å². The van der Waals surface area contributed by atoms with Crippen LogP contribution in [0.15, 0.2) is 104 Å². The highest BCUT2D eigenvalue weighted by atomic mass is 79.9. The molecule has 2 heterocycles. The molecule has 0 radical (unpaired) electrons. The van der Waals surface area contributed by atoms with Gasteiger partial charge < -0.3 is 19.0 Å². The van der Waals surface area contributed by atoms with Crippen LogP contribution in [0.1, 0.15) is 16.2 Å². The molecule has 36 heavy (non-hydrogen) atoms. The van der Waals surface area contributed by atoms with Gasteiger partial charge in [-0.3, -0.25) is 4.79 Å². The van der Waals surface area contributed by atoms with E-state index in [0.717, 1.165) is 20.8 Å². The normalized spacial score (nSPS) is 11.1. The van der Waals surface area contributed by atoms with E-state index in [1.54, 1.807) is 24.3 Å². The molecule has 0 bridgehead atoms. The van der Waals surface area contributed by atoms with Gasteiger partial charge >= 0.3 is 0 Å². The van der Waals surface area contributed by atoms with E-state index in [1.807, 2.05) is 66.7 Å². The molecule has 0 saturated carbocycles. The Bertz CT molecular complexity index is 1710. The Kier molecular flexibility index (Phi) is 5.71. The molecule has 0 spiro atoms. The number of ether oxygens (including phenoxy) is 1. The predicted octanol–water partition coefficient (Wildman–Crippen LogP) is 7.23. The number of aromatic nitrogens is 2. The van der Waals surface area contributed by atoms with Crippen LogP contribution in [0.25, 0.3) is 33.3 Å². The van der Waals surface area contributed by atoms with E-state index < -0.39 is 5.91 Å². The molecule has 0 aliphatic heterocycles. The van der Waals surface area contributed by atoms with Crippen molar-refractivity contribution in [3.63, 3.8) is 0 Å². The number of hydrogen-bond acceptors (Lipinski definition) is 6. The molecule has 0 unspecified atom stereocenters. The highest BCUT2D eigenvalue weighted by Crippen LogP contribution is 2.34. The van der Waals surface area contributed by atoms with Crippen LogP contribution in [0.2, 0.25) is 0 Å². The van der Waals surface area contributed by atoms with Crippen LogP contribution in [0.4, 0.5) is 5.69 Å². The van der Waals surface area contributed by atoms with Gasteiger partial charge in [0.05, 0.1) is 0 Å². The van der Waals surface area contributed by atoms with Crippen LogP contribution in [0, 0.1) is 0 Å². The van der Waals surface area contributed by atoms with E-state index in [0.29, 0.717) is 34.2 Å². The fraction of sp³-hybridized carbons (Fsp3) is 0.0357. The lowest BCUT2D eigenvalue weighted by Crippen LogP contribution is -2.12. The predicted molar refractivity (Wildman–Crippen MR) is 140 cm³/mol. The number of hydrogen-bond donors (Lipinski definition) is 1. The monoisotopic (exact) mass is 539 g/mol. The number of fused-ring (bicyclic) bond motifs is 2. The molecule has 1 N–H and O–H groups in total. The Morgan fingerprint density at radius 1 is 0.917 bits per heavy atom. The van der Waals surface area contributed by atoms with E-state index in [2.05, 4.69) is 31.4 Å². The highest BCUT2D eigenvalue weighted by molar-refractivity contribution is 9.10. The number of amides is 1. The number of oxazole rings is 1. The maximum atomic E-state index is 12.7. The molecule has 6 aromatic rings. The molecule has 176 valence electrons. The molecule has 1 amide bonds. The molecule has 8 heteroatoms. The molecular formula is C28H18BrN3O4. The second-order valence-corrected chi connectivity index (χ2v) is 8.93. The van der Waals surface area contributed by atoms with Crippen molar-refractivity contribution in [3.8, 4) is 17.2 Å². The summed E-state index contributed by atoms with van der Waals surface area (Å²) in [5.41, 5.74) is 2.87. The third-order valence-electron chi connectivity index (χ3n) is 5.66. The van der Waals surface area contributed by atoms with Gasteiger partial charge in [-0.05, 0) is 53.2 Å². The quantitative estimate of drug-likeness (QED) is 0.240. The lowest BCUT2D eigenvalue weighted by molar-refractivity contribution is 0.101. The zero-order valence-electron chi connectivity index (χ0n) is 18.8. The minimum Gasteiger partial charge on any atom is -0.486 e. The molecule has 0 aliphatic carbocycles. The second-order valence-electron chi connectivity index (χ2n) is 8.08. The van der Waals surface area contributed by atoms with Crippen LogP contribution < -0.4 is 10.1 Å². The summed E-state index contributed by atoms with van der Waals surface area (Å²) < 4.78 is 17.9. The fourth-order valence-corrected chi connectivity index (χ4v) is 4.43. The van der Waals surface area contributed by atoms with Gasteiger partial charge in [0.15, 0.2) is 17.0 Å². The van der Waals surface area contributed by atoms with Crippen LogP contribution >= 0.6 is 15.9 Å². The van der Waals surface area contributed by atoms with E-state index >= 15 is 0 Å². The van der Waals surface area contributed by atoms with Crippen molar-refractivity contribution < 1.29 is 18.5 Å². The van der Waals surface area contributed by atoms with Gasteiger partial charge in [0.25, 0.3) is 5.91 Å². The van der Waals surface area contributed by atoms with Crippen molar-refractivity contribution in [2.75, 3.05) is 5.32 Å². The zero-order chi connectivity index (χ0) is 24.5. The van der Waals surface area contributed by atoms with Gasteiger partial charge in [0.2, 0.25) is 5.89 Å². The summed E-state index contributed by atoms with van der Waals surface area (Å²) in [5, 5.41) is 8.80. The lowest BCUT2D eigenvalue weighted by atomic mass is 10.0. The first-order valence-corrected chi connectivity index (χ1v) is 12.0. The van der Waals surface area contributed by atoms with Gasteiger partial charge in [-0.2, -0.15) is 0 Å². The van der Waals surface area contributed by atoms with E-state index in [1.165, 1.54) is 0 Å². The molecular weight excluding hydrogens is 522 g/mol.